The highest BCUT2D eigenvalue weighted by Gasteiger charge is 2.55. The van der Waals surface area contributed by atoms with Crippen LogP contribution in [0.5, 0.6) is 0 Å². The van der Waals surface area contributed by atoms with Crippen LogP contribution in [-0.4, -0.2) is 29.8 Å². The van der Waals surface area contributed by atoms with Gasteiger partial charge < -0.3 is 10.1 Å². The Morgan fingerprint density at radius 2 is 1.83 bits per heavy atom. The van der Waals surface area contributed by atoms with Crippen LogP contribution < -0.4 is 5.32 Å². The summed E-state index contributed by atoms with van der Waals surface area (Å²) in [5.74, 6) is -0.621. The van der Waals surface area contributed by atoms with Gasteiger partial charge in [0.15, 0.2) is 11.4 Å². The van der Waals surface area contributed by atoms with Gasteiger partial charge in [0, 0.05) is 35.9 Å². The van der Waals surface area contributed by atoms with E-state index in [-0.39, 0.29) is 5.78 Å². The average molecular weight is 478 g/mol. The number of carbonyl (C=O) groups excluding carboxylic acids is 2. The van der Waals surface area contributed by atoms with E-state index in [1.165, 1.54) is 6.07 Å². The summed E-state index contributed by atoms with van der Waals surface area (Å²) in [5, 5.41) is 3.23. The molecule has 3 aliphatic rings. The van der Waals surface area contributed by atoms with E-state index < -0.39 is 28.7 Å². The predicted molar refractivity (Wildman–Crippen MR) is 121 cm³/mol. The molecule has 1 N–H and O–H groups in total. The molecular formula is C27H21F3N2O3. The van der Waals surface area contributed by atoms with Gasteiger partial charge in [0.2, 0.25) is 0 Å². The first-order valence-corrected chi connectivity index (χ1v) is 11.5. The van der Waals surface area contributed by atoms with Crippen LogP contribution in [0.2, 0.25) is 0 Å². The number of Topliss-reactive ketones (excluding diaryl/α,β-unsaturated/α-hetero) is 1. The second-order valence-corrected chi connectivity index (χ2v) is 9.46. The van der Waals surface area contributed by atoms with Crippen molar-refractivity contribution in [2.75, 3.05) is 13.1 Å². The molecule has 1 aromatic heterocycles. The smallest absolute Gasteiger partial charge is 0.416 e. The van der Waals surface area contributed by atoms with Gasteiger partial charge in [0.25, 0.3) is 0 Å². The number of nitrogens with one attached hydrogen (secondary N) is 1. The van der Waals surface area contributed by atoms with Gasteiger partial charge in [-0.15, -0.1) is 0 Å². The molecule has 0 bridgehead atoms. The number of ketones is 1. The molecule has 1 saturated carbocycles. The molecule has 1 aliphatic carbocycles. The van der Waals surface area contributed by atoms with Crippen molar-refractivity contribution in [2.24, 2.45) is 0 Å². The van der Waals surface area contributed by atoms with Crippen LogP contribution in [0.3, 0.4) is 0 Å². The van der Waals surface area contributed by atoms with E-state index in [9.17, 15) is 22.8 Å². The van der Waals surface area contributed by atoms with Crippen molar-refractivity contribution in [3.8, 4) is 11.3 Å². The molecular weight excluding hydrogens is 457 g/mol. The van der Waals surface area contributed by atoms with Gasteiger partial charge in [-0.05, 0) is 43.1 Å². The van der Waals surface area contributed by atoms with Crippen LogP contribution in [0.25, 0.3) is 11.3 Å². The topological polar surface area (TPSA) is 68.3 Å². The fourth-order valence-electron chi connectivity index (χ4n) is 5.34. The Morgan fingerprint density at radius 3 is 2.49 bits per heavy atom. The minimum absolute atomic E-state index is 0.150. The van der Waals surface area contributed by atoms with E-state index >= 15 is 0 Å². The van der Waals surface area contributed by atoms with Crippen LogP contribution in [0.1, 0.15) is 56.7 Å². The lowest BCUT2D eigenvalue weighted by Crippen LogP contribution is -2.28. The molecule has 35 heavy (non-hydrogen) atoms. The highest BCUT2D eigenvalue weighted by molar-refractivity contribution is 6.14. The summed E-state index contributed by atoms with van der Waals surface area (Å²) in [6, 6.07) is 13.7. The maximum atomic E-state index is 13.8. The number of fused-ring (bicyclic) bond motifs is 2. The van der Waals surface area contributed by atoms with Gasteiger partial charge in [0.1, 0.15) is 0 Å². The quantitative estimate of drug-likeness (QED) is 0.420. The molecule has 6 rings (SSSR count). The van der Waals surface area contributed by atoms with Crippen LogP contribution in [0.4, 0.5) is 13.2 Å². The fraction of sp³-hybridized carbons (Fsp3) is 0.296. The summed E-state index contributed by atoms with van der Waals surface area (Å²) in [4.78, 5) is 31.0. The predicted octanol–water partition coefficient (Wildman–Crippen LogP) is 5.04. The van der Waals surface area contributed by atoms with Gasteiger partial charge >= 0.3 is 12.1 Å². The number of halogens is 3. The maximum absolute atomic E-state index is 13.8. The third-order valence-corrected chi connectivity index (χ3v) is 7.39. The first kappa shape index (κ1) is 22.0. The van der Waals surface area contributed by atoms with Crippen LogP contribution in [0.15, 0.2) is 60.8 Å². The number of nitrogens with zero attached hydrogens (tertiary/aromatic N) is 1. The van der Waals surface area contributed by atoms with Gasteiger partial charge in [-0.1, -0.05) is 36.4 Å². The van der Waals surface area contributed by atoms with Gasteiger partial charge in [-0.2, -0.15) is 13.2 Å². The lowest BCUT2D eigenvalue weighted by atomic mass is 9.83. The molecule has 2 fully saturated rings. The monoisotopic (exact) mass is 478 g/mol. The SMILES string of the molecule is O=C1OC2(CCNC2)c2cccc(C(=O)C3(c4ccc(-c5cccc(C(F)(F)F)c5)nc4)CC3)c21. The summed E-state index contributed by atoms with van der Waals surface area (Å²) in [5.41, 5.74) is 0.647. The third-order valence-electron chi connectivity index (χ3n) is 7.39. The third kappa shape index (κ3) is 3.38. The minimum atomic E-state index is -4.44. The van der Waals surface area contributed by atoms with Gasteiger partial charge in [-0.25, -0.2) is 4.79 Å². The first-order valence-electron chi connectivity index (χ1n) is 11.5. The van der Waals surface area contributed by atoms with E-state index in [0.717, 1.165) is 24.2 Å². The number of ether oxygens (including phenoxy) is 1. The second-order valence-electron chi connectivity index (χ2n) is 9.46. The Labute approximate surface area is 199 Å². The largest absolute Gasteiger partial charge is 0.449 e. The molecule has 2 aromatic carbocycles. The highest BCUT2D eigenvalue weighted by atomic mass is 19.4. The van der Waals surface area contributed by atoms with E-state index in [2.05, 4.69) is 10.3 Å². The molecule has 3 heterocycles. The number of esters is 1. The van der Waals surface area contributed by atoms with Gasteiger partial charge in [0.05, 0.1) is 22.2 Å². The summed E-state index contributed by atoms with van der Waals surface area (Å²) in [7, 11) is 0. The van der Waals surface area contributed by atoms with Crippen molar-refractivity contribution in [3.63, 3.8) is 0 Å². The zero-order valence-corrected chi connectivity index (χ0v) is 18.6. The number of hydrogen-bond acceptors (Lipinski definition) is 5. The lowest BCUT2D eigenvalue weighted by Gasteiger charge is -2.22. The number of rotatable bonds is 4. The Balaban J connectivity index is 1.33. The zero-order valence-electron chi connectivity index (χ0n) is 18.6. The van der Waals surface area contributed by atoms with E-state index in [4.69, 9.17) is 4.74 Å². The summed E-state index contributed by atoms with van der Waals surface area (Å²) < 4.78 is 45.0. The molecule has 3 aromatic rings. The number of alkyl halides is 3. The summed E-state index contributed by atoms with van der Waals surface area (Å²) in [6.07, 6.45) is -0.992. The zero-order chi connectivity index (χ0) is 24.4. The van der Waals surface area contributed by atoms with Crippen LogP contribution in [0, 0.1) is 0 Å². The Kier molecular flexibility index (Phi) is 4.70. The minimum Gasteiger partial charge on any atom is -0.449 e. The number of pyridine rings is 1. The number of hydrogen-bond donors (Lipinski definition) is 1. The molecule has 178 valence electrons. The molecule has 8 heteroatoms. The number of aromatic nitrogens is 1. The van der Waals surface area contributed by atoms with Crippen molar-refractivity contribution < 1.29 is 27.5 Å². The van der Waals surface area contributed by atoms with Gasteiger partial charge in [-0.3, -0.25) is 9.78 Å². The Bertz CT molecular complexity index is 1350. The molecule has 1 saturated heterocycles. The summed E-state index contributed by atoms with van der Waals surface area (Å²) in [6.45, 7) is 1.26. The fourth-order valence-corrected chi connectivity index (χ4v) is 5.34. The van der Waals surface area contributed by atoms with Crippen molar-refractivity contribution in [1.29, 1.82) is 0 Å². The average Bonchev–Trinajstić information content (AvgIpc) is 3.46. The molecule has 5 nitrogen and oxygen atoms in total. The number of carbonyl (C=O) groups is 2. The van der Waals surface area contributed by atoms with E-state index in [1.807, 2.05) is 6.07 Å². The molecule has 1 atom stereocenters. The second kappa shape index (κ2) is 7.49. The maximum Gasteiger partial charge on any atom is 0.416 e. The van der Waals surface area contributed by atoms with Crippen molar-refractivity contribution in [1.82, 2.24) is 10.3 Å². The Morgan fingerprint density at radius 1 is 1.03 bits per heavy atom. The first-order chi connectivity index (χ1) is 16.7. The van der Waals surface area contributed by atoms with E-state index in [0.29, 0.717) is 53.8 Å². The van der Waals surface area contributed by atoms with E-state index in [1.54, 1.807) is 36.5 Å². The molecule has 1 spiro atoms. The molecule has 0 radical (unpaired) electrons. The Hall–Kier alpha value is -3.52. The number of benzene rings is 2. The van der Waals surface area contributed by atoms with Crippen LogP contribution >= 0.6 is 0 Å². The summed E-state index contributed by atoms with van der Waals surface area (Å²) >= 11 is 0. The van der Waals surface area contributed by atoms with Crippen molar-refractivity contribution >= 4 is 11.8 Å². The van der Waals surface area contributed by atoms with Crippen LogP contribution in [-0.2, 0) is 21.9 Å². The normalized spacial score (nSPS) is 22.2. The molecule has 0 amide bonds. The lowest BCUT2D eigenvalue weighted by molar-refractivity contribution is -0.137. The standard InChI is InChI=1S/C27H21F3N2O3/c28-27(29,30)17-4-1-3-16(13-17)21-8-7-18(14-32-21)25(9-10-25)23(33)19-5-2-6-20-22(19)24(34)35-26(20)11-12-31-15-26/h1-8,13-14,31H,9-12,15H2. The van der Waals surface area contributed by atoms with Crippen molar-refractivity contribution in [2.45, 2.75) is 36.5 Å². The molecule has 2 aliphatic heterocycles. The highest BCUT2D eigenvalue weighted by Crippen LogP contribution is 2.52. The molecule has 1 unspecified atom stereocenters. The van der Waals surface area contributed by atoms with Crippen molar-refractivity contribution in [3.05, 3.63) is 88.6 Å².